The summed E-state index contributed by atoms with van der Waals surface area (Å²) in [6.45, 7) is 0.828. The van der Waals surface area contributed by atoms with Crippen molar-refractivity contribution >= 4 is 0 Å². The van der Waals surface area contributed by atoms with E-state index in [0.29, 0.717) is 12.1 Å². The number of rotatable bonds is 6. The molecular weight excluding hydrogens is 257 g/mol. The number of hydrogen-bond donors (Lipinski definition) is 2. The second-order valence-corrected chi connectivity index (χ2v) is 4.48. The topological polar surface area (TPSA) is 41.5 Å². The Labute approximate surface area is 118 Å². The standard InChI is InChI=1S/C16H18FNO2/c1-20-16-9-5-2-6-12(16)10-18-11-15(19)13-7-3-4-8-14(13)17/h2-9,15,18-19H,10-11H2,1H3/t15-/m1/s1. The number of halogens is 1. The van der Waals surface area contributed by atoms with E-state index in [2.05, 4.69) is 5.32 Å². The molecule has 0 amide bonds. The van der Waals surface area contributed by atoms with Crippen molar-refractivity contribution in [3.8, 4) is 5.75 Å². The van der Waals surface area contributed by atoms with Gasteiger partial charge in [-0.15, -0.1) is 0 Å². The fraction of sp³-hybridized carbons (Fsp3) is 0.250. The summed E-state index contributed by atoms with van der Waals surface area (Å²) in [5, 5.41) is 13.1. The number of methoxy groups -OCH3 is 1. The predicted molar refractivity (Wildman–Crippen MR) is 76.1 cm³/mol. The van der Waals surface area contributed by atoms with Crippen molar-refractivity contribution in [1.29, 1.82) is 0 Å². The lowest BCUT2D eigenvalue weighted by molar-refractivity contribution is 0.169. The first-order chi connectivity index (χ1) is 9.72. The highest BCUT2D eigenvalue weighted by molar-refractivity contribution is 5.33. The second-order valence-electron chi connectivity index (χ2n) is 4.48. The van der Waals surface area contributed by atoms with E-state index in [-0.39, 0.29) is 12.4 Å². The summed E-state index contributed by atoms with van der Waals surface area (Å²) in [6, 6.07) is 13.9. The van der Waals surface area contributed by atoms with E-state index in [9.17, 15) is 9.50 Å². The quantitative estimate of drug-likeness (QED) is 0.851. The highest BCUT2D eigenvalue weighted by atomic mass is 19.1. The lowest BCUT2D eigenvalue weighted by Gasteiger charge is -2.14. The van der Waals surface area contributed by atoms with Crippen molar-refractivity contribution in [2.45, 2.75) is 12.6 Å². The number of aliphatic hydroxyl groups excluding tert-OH is 1. The lowest BCUT2D eigenvalue weighted by Crippen LogP contribution is -2.22. The highest BCUT2D eigenvalue weighted by Gasteiger charge is 2.11. The fourth-order valence-corrected chi connectivity index (χ4v) is 2.05. The van der Waals surface area contributed by atoms with Crippen LogP contribution in [-0.2, 0) is 6.54 Å². The third kappa shape index (κ3) is 3.56. The molecule has 0 heterocycles. The van der Waals surface area contributed by atoms with E-state index in [4.69, 9.17) is 4.74 Å². The molecule has 0 fully saturated rings. The molecule has 2 aromatic rings. The summed E-state index contributed by atoms with van der Waals surface area (Å²) in [5.74, 6) is 0.402. The van der Waals surface area contributed by atoms with E-state index >= 15 is 0 Å². The largest absolute Gasteiger partial charge is 0.496 e. The molecule has 0 aromatic heterocycles. The average Bonchev–Trinajstić information content (AvgIpc) is 2.48. The SMILES string of the molecule is COc1ccccc1CNC[C@@H](O)c1ccccc1F. The minimum atomic E-state index is -0.870. The van der Waals surface area contributed by atoms with Crippen LogP contribution >= 0.6 is 0 Å². The van der Waals surface area contributed by atoms with Crippen LogP contribution in [0.2, 0.25) is 0 Å². The fourth-order valence-electron chi connectivity index (χ4n) is 2.05. The maximum atomic E-state index is 13.5. The van der Waals surface area contributed by atoms with Crippen LogP contribution in [-0.4, -0.2) is 18.8 Å². The first-order valence-corrected chi connectivity index (χ1v) is 6.47. The van der Waals surface area contributed by atoms with Crippen LogP contribution in [0, 0.1) is 5.82 Å². The van der Waals surface area contributed by atoms with Crippen LogP contribution < -0.4 is 10.1 Å². The Bertz CT molecular complexity index is 560. The zero-order valence-corrected chi connectivity index (χ0v) is 11.3. The normalized spacial score (nSPS) is 12.2. The van der Waals surface area contributed by atoms with Crippen molar-refractivity contribution in [3.63, 3.8) is 0 Å². The third-order valence-corrected chi connectivity index (χ3v) is 3.11. The van der Waals surface area contributed by atoms with Gasteiger partial charge in [0.25, 0.3) is 0 Å². The molecule has 0 aliphatic heterocycles. The van der Waals surface area contributed by atoms with Crippen LogP contribution in [0.4, 0.5) is 4.39 Å². The average molecular weight is 275 g/mol. The molecule has 2 N–H and O–H groups in total. The minimum Gasteiger partial charge on any atom is -0.496 e. The Morgan fingerprint density at radius 3 is 2.60 bits per heavy atom. The van der Waals surface area contributed by atoms with Crippen molar-refractivity contribution in [2.24, 2.45) is 0 Å². The molecule has 1 atom stereocenters. The summed E-state index contributed by atoms with van der Waals surface area (Å²) in [5.41, 5.74) is 1.30. The monoisotopic (exact) mass is 275 g/mol. The molecule has 0 spiro atoms. The van der Waals surface area contributed by atoms with E-state index in [1.54, 1.807) is 25.3 Å². The predicted octanol–water partition coefficient (Wildman–Crippen LogP) is 2.66. The van der Waals surface area contributed by atoms with Crippen LogP contribution in [0.25, 0.3) is 0 Å². The van der Waals surface area contributed by atoms with Crippen molar-refractivity contribution in [2.75, 3.05) is 13.7 Å². The van der Waals surface area contributed by atoms with Crippen LogP contribution in [0.15, 0.2) is 48.5 Å². The molecule has 4 heteroatoms. The van der Waals surface area contributed by atoms with Crippen molar-refractivity contribution in [1.82, 2.24) is 5.32 Å². The number of nitrogens with one attached hydrogen (secondary N) is 1. The zero-order valence-electron chi connectivity index (χ0n) is 11.3. The Hall–Kier alpha value is -1.91. The van der Waals surface area contributed by atoms with Gasteiger partial charge in [-0.05, 0) is 12.1 Å². The summed E-state index contributed by atoms with van der Waals surface area (Å²) >= 11 is 0. The molecule has 106 valence electrons. The number of aliphatic hydroxyl groups is 1. The van der Waals surface area contributed by atoms with Gasteiger partial charge in [0.1, 0.15) is 11.6 Å². The summed E-state index contributed by atoms with van der Waals surface area (Å²) in [7, 11) is 1.62. The molecular formula is C16H18FNO2. The Morgan fingerprint density at radius 2 is 1.85 bits per heavy atom. The van der Waals surface area contributed by atoms with E-state index < -0.39 is 6.10 Å². The zero-order chi connectivity index (χ0) is 14.4. The molecule has 0 saturated carbocycles. The van der Waals surface area contributed by atoms with Gasteiger partial charge in [0.15, 0.2) is 0 Å². The van der Waals surface area contributed by atoms with E-state index in [1.165, 1.54) is 6.07 Å². The van der Waals surface area contributed by atoms with Crippen LogP contribution in [0.3, 0.4) is 0 Å². The van der Waals surface area contributed by atoms with E-state index in [0.717, 1.165) is 11.3 Å². The molecule has 0 aliphatic rings. The van der Waals surface area contributed by atoms with Crippen molar-refractivity contribution < 1.29 is 14.2 Å². The van der Waals surface area contributed by atoms with Gasteiger partial charge in [0.2, 0.25) is 0 Å². The van der Waals surface area contributed by atoms with Crippen LogP contribution in [0.5, 0.6) is 5.75 Å². The molecule has 0 radical (unpaired) electrons. The number of para-hydroxylation sites is 1. The first-order valence-electron chi connectivity index (χ1n) is 6.47. The molecule has 0 bridgehead atoms. The maximum Gasteiger partial charge on any atom is 0.129 e. The van der Waals surface area contributed by atoms with Gasteiger partial charge in [-0.3, -0.25) is 0 Å². The number of ether oxygens (including phenoxy) is 1. The molecule has 20 heavy (non-hydrogen) atoms. The summed E-state index contributed by atoms with van der Waals surface area (Å²) in [4.78, 5) is 0. The summed E-state index contributed by atoms with van der Waals surface area (Å²) < 4.78 is 18.7. The maximum absolute atomic E-state index is 13.5. The number of benzene rings is 2. The Balaban J connectivity index is 1.91. The molecule has 0 aliphatic carbocycles. The molecule has 0 unspecified atom stereocenters. The van der Waals surface area contributed by atoms with Gasteiger partial charge < -0.3 is 15.2 Å². The van der Waals surface area contributed by atoms with Crippen LogP contribution in [0.1, 0.15) is 17.2 Å². The second kappa shape index (κ2) is 7.03. The van der Waals surface area contributed by atoms with Gasteiger partial charge >= 0.3 is 0 Å². The summed E-state index contributed by atoms with van der Waals surface area (Å²) in [6.07, 6.45) is -0.870. The molecule has 0 saturated heterocycles. The smallest absolute Gasteiger partial charge is 0.129 e. The minimum absolute atomic E-state index is 0.277. The number of hydrogen-bond acceptors (Lipinski definition) is 3. The van der Waals surface area contributed by atoms with Gasteiger partial charge in [-0.25, -0.2) is 4.39 Å². The lowest BCUT2D eigenvalue weighted by atomic mass is 10.1. The Kier molecular flexibility index (Phi) is 5.09. The Morgan fingerprint density at radius 1 is 1.15 bits per heavy atom. The third-order valence-electron chi connectivity index (χ3n) is 3.11. The molecule has 2 rings (SSSR count). The highest BCUT2D eigenvalue weighted by Crippen LogP contribution is 2.18. The van der Waals surface area contributed by atoms with Gasteiger partial charge in [-0.1, -0.05) is 36.4 Å². The van der Waals surface area contributed by atoms with Gasteiger partial charge in [-0.2, -0.15) is 0 Å². The van der Waals surface area contributed by atoms with Gasteiger partial charge in [0.05, 0.1) is 13.2 Å². The van der Waals surface area contributed by atoms with E-state index in [1.807, 2.05) is 24.3 Å². The first kappa shape index (κ1) is 14.5. The van der Waals surface area contributed by atoms with Crippen molar-refractivity contribution in [3.05, 3.63) is 65.5 Å². The molecule has 2 aromatic carbocycles. The van der Waals surface area contributed by atoms with Gasteiger partial charge in [0, 0.05) is 24.2 Å². The molecule has 3 nitrogen and oxygen atoms in total.